The van der Waals surface area contributed by atoms with Crippen LogP contribution in [0.25, 0.3) is 11.3 Å². The van der Waals surface area contributed by atoms with Crippen LogP contribution in [0, 0.1) is 5.92 Å². The van der Waals surface area contributed by atoms with E-state index in [0.29, 0.717) is 11.6 Å². The molecule has 0 saturated carbocycles. The van der Waals surface area contributed by atoms with E-state index in [1.165, 1.54) is 6.20 Å². The van der Waals surface area contributed by atoms with Crippen molar-refractivity contribution < 1.29 is 8.42 Å². The number of rotatable bonds is 5. The summed E-state index contributed by atoms with van der Waals surface area (Å²) < 4.78 is 25.0. The average Bonchev–Trinajstić information content (AvgIpc) is 2.79. The quantitative estimate of drug-likeness (QED) is 0.788. The van der Waals surface area contributed by atoms with Gasteiger partial charge >= 0.3 is 0 Å². The van der Waals surface area contributed by atoms with Gasteiger partial charge in [-0.2, -0.15) is 5.10 Å². The van der Waals surface area contributed by atoms with Crippen molar-refractivity contribution in [3.05, 3.63) is 24.2 Å². The van der Waals surface area contributed by atoms with E-state index in [1.807, 2.05) is 11.7 Å². The van der Waals surface area contributed by atoms with Crippen LogP contribution in [-0.2, 0) is 23.3 Å². The lowest BCUT2D eigenvalue weighted by atomic mass is 9.99. The Morgan fingerprint density at radius 2 is 2.10 bits per heavy atom. The lowest BCUT2D eigenvalue weighted by Crippen LogP contribution is -2.07. The lowest BCUT2D eigenvalue weighted by molar-refractivity contribution is 0.533. The van der Waals surface area contributed by atoms with Crippen molar-refractivity contribution in [1.29, 1.82) is 0 Å². The summed E-state index contributed by atoms with van der Waals surface area (Å²) in [6.07, 6.45) is 6.25. The highest BCUT2D eigenvalue weighted by Crippen LogP contribution is 2.24. The first kappa shape index (κ1) is 15.6. The maximum atomic E-state index is 11.6. The Bertz CT molecular complexity index is 737. The summed E-state index contributed by atoms with van der Waals surface area (Å²) in [6, 6.07) is 1.71. The molecule has 6 nitrogen and oxygen atoms in total. The fraction of sp³-hybridized carbons (Fsp3) is 0.500. The third kappa shape index (κ3) is 3.47. The molecule has 0 aliphatic heterocycles. The minimum Gasteiger partial charge on any atom is -0.272 e. The second kappa shape index (κ2) is 5.93. The van der Waals surface area contributed by atoms with Gasteiger partial charge in [0.15, 0.2) is 0 Å². The minimum absolute atomic E-state index is 0.154. The van der Waals surface area contributed by atoms with E-state index in [4.69, 9.17) is 0 Å². The van der Waals surface area contributed by atoms with E-state index in [-0.39, 0.29) is 5.16 Å². The molecule has 2 aromatic rings. The van der Waals surface area contributed by atoms with E-state index < -0.39 is 9.84 Å². The monoisotopic (exact) mass is 308 g/mol. The van der Waals surface area contributed by atoms with Crippen molar-refractivity contribution in [2.75, 3.05) is 6.26 Å². The predicted octanol–water partition coefficient (Wildman–Crippen LogP) is 1.87. The standard InChI is InChI=1S/C14H20N4O2S/c1-5-10(2)8-13-11(9-16-18(13)3)12-6-7-15-14(17-12)21(4,19)20/h6-7,9-10H,5,8H2,1-4H3. The highest BCUT2D eigenvalue weighted by Gasteiger charge is 2.17. The van der Waals surface area contributed by atoms with Gasteiger partial charge in [0.1, 0.15) is 0 Å². The van der Waals surface area contributed by atoms with Crippen LogP contribution in [0.4, 0.5) is 0 Å². The number of aryl methyl sites for hydroxylation is 1. The fourth-order valence-corrected chi connectivity index (χ4v) is 2.58. The molecule has 0 aliphatic carbocycles. The normalized spacial score (nSPS) is 13.3. The van der Waals surface area contributed by atoms with Crippen molar-refractivity contribution in [3.8, 4) is 11.3 Å². The highest BCUT2D eigenvalue weighted by molar-refractivity contribution is 7.90. The molecule has 0 radical (unpaired) electrons. The summed E-state index contributed by atoms with van der Waals surface area (Å²) in [5.74, 6) is 0.523. The summed E-state index contributed by atoms with van der Waals surface area (Å²) >= 11 is 0. The maximum Gasteiger partial charge on any atom is 0.247 e. The first-order valence-corrected chi connectivity index (χ1v) is 8.76. The Hall–Kier alpha value is -1.76. The van der Waals surface area contributed by atoms with Crippen molar-refractivity contribution in [2.45, 2.75) is 31.8 Å². The summed E-state index contributed by atoms with van der Waals surface area (Å²) in [5.41, 5.74) is 2.52. The molecule has 0 spiro atoms. The Morgan fingerprint density at radius 1 is 1.38 bits per heavy atom. The predicted molar refractivity (Wildman–Crippen MR) is 80.5 cm³/mol. The first-order valence-electron chi connectivity index (χ1n) is 6.87. The first-order chi connectivity index (χ1) is 9.82. The Kier molecular flexibility index (Phi) is 4.41. The van der Waals surface area contributed by atoms with E-state index in [9.17, 15) is 8.42 Å². The second-order valence-corrected chi connectivity index (χ2v) is 7.25. The summed E-state index contributed by atoms with van der Waals surface area (Å²) in [6.45, 7) is 4.33. The summed E-state index contributed by atoms with van der Waals surface area (Å²) in [4.78, 5) is 7.99. The molecule has 2 heterocycles. The van der Waals surface area contributed by atoms with E-state index in [2.05, 4.69) is 28.9 Å². The molecule has 0 N–H and O–H groups in total. The third-order valence-corrected chi connectivity index (χ3v) is 4.40. The molecule has 0 bridgehead atoms. The van der Waals surface area contributed by atoms with Gasteiger partial charge in [0.05, 0.1) is 11.9 Å². The van der Waals surface area contributed by atoms with Crippen LogP contribution in [-0.4, -0.2) is 34.4 Å². The molecule has 0 aliphatic rings. The number of sulfone groups is 1. The Balaban J connectivity index is 2.48. The van der Waals surface area contributed by atoms with E-state index in [1.54, 1.807) is 12.3 Å². The lowest BCUT2D eigenvalue weighted by Gasteiger charge is -2.11. The molecule has 21 heavy (non-hydrogen) atoms. The largest absolute Gasteiger partial charge is 0.272 e. The molecule has 2 rings (SSSR count). The van der Waals surface area contributed by atoms with Crippen LogP contribution >= 0.6 is 0 Å². The molecular formula is C14H20N4O2S. The van der Waals surface area contributed by atoms with Crippen LogP contribution in [0.5, 0.6) is 0 Å². The SMILES string of the molecule is CCC(C)Cc1c(-c2ccnc(S(C)(=O)=O)n2)cnn1C. The number of nitrogens with zero attached hydrogens (tertiary/aromatic N) is 4. The molecule has 1 atom stereocenters. The zero-order chi connectivity index (χ0) is 15.6. The molecule has 0 fully saturated rings. The van der Waals surface area contributed by atoms with Crippen LogP contribution in [0.3, 0.4) is 0 Å². The summed E-state index contributed by atoms with van der Waals surface area (Å²) in [7, 11) is -1.53. The van der Waals surface area contributed by atoms with E-state index >= 15 is 0 Å². The van der Waals surface area contributed by atoms with Crippen LogP contribution in [0.15, 0.2) is 23.6 Å². The van der Waals surface area contributed by atoms with Crippen molar-refractivity contribution in [2.24, 2.45) is 13.0 Å². The van der Waals surface area contributed by atoms with Crippen molar-refractivity contribution >= 4 is 9.84 Å². The van der Waals surface area contributed by atoms with Crippen LogP contribution < -0.4 is 0 Å². The molecule has 114 valence electrons. The zero-order valence-electron chi connectivity index (χ0n) is 12.7. The zero-order valence-corrected chi connectivity index (χ0v) is 13.6. The Labute approximate surface area is 125 Å². The van der Waals surface area contributed by atoms with Gasteiger partial charge in [-0.05, 0) is 18.4 Å². The van der Waals surface area contributed by atoms with E-state index in [0.717, 1.165) is 30.4 Å². The molecule has 0 saturated heterocycles. The van der Waals surface area contributed by atoms with Gasteiger partial charge in [0.2, 0.25) is 15.0 Å². The van der Waals surface area contributed by atoms with Crippen LogP contribution in [0.1, 0.15) is 26.0 Å². The molecule has 2 aromatic heterocycles. The molecule has 0 amide bonds. The van der Waals surface area contributed by atoms with Gasteiger partial charge in [0.25, 0.3) is 0 Å². The smallest absolute Gasteiger partial charge is 0.247 e. The molecular weight excluding hydrogens is 288 g/mol. The van der Waals surface area contributed by atoms with Crippen LogP contribution in [0.2, 0.25) is 0 Å². The number of aromatic nitrogens is 4. The number of hydrogen-bond acceptors (Lipinski definition) is 5. The van der Waals surface area contributed by atoms with Gasteiger partial charge in [-0.3, -0.25) is 4.68 Å². The Morgan fingerprint density at radius 3 is 2.71 bits per heavy atom. The average molecular weight is 308 g/mol. The molecule has 0 aromatic carbocycles. The van der Waals surface area contributed by atoms with Gasteiger partial charge in [0, 0.05) is 30.8 Å². The third-order valence-electron chi connectivity index (χ3n) is 3.54. The fourth-order valence-electron chi connectivity index (χ4n) is 2.06. The van der Waals surface area contributed by atoms with Gasteiger partial charge in [-0.15, -0.1) is 0 Å². The van der Waals surface area contributed by atoms with Crippen molar-refractivity contribution in [1.82, 2.24) is 19.7 Å². The van der Waals surface area contributed by atoms with Crippen molar-refractivity contribution in [3.63, 3.8) is 0 Å². The molecule has 1 unspecified atom stereocenters. The molecule has 7 heteroatoms. The second-order valence-electron chi connectivity index (χ2n) is 5.34. The minimum atomic E-state index is -3.42. The van der Waals surface area contributed by atoms with Gasteiger partial charge in [-0.25, -0.2) is 18.4 Å². The van der Waals surface area contributed by atoms with Gasteiger partial charge in [-0.1, -0.05) is 20.3 Å². The summed E-state index contributed by atoms with van der Waals surface area (Å²) in [5, 5.41) is 4.12. The number of hydrogen-bond donors (Lipinski definition) is 0. The maximum absolute atomic E-state index is 11.6. The van der Waals surface area contributed by atoms with Gasteiger partial charge < -0.3 is 0 Å². The highest BCUT2D eigenvalue weighted by atomic mass is 32.2. The topological polar surface area (TPSA) is 77.7 Å².